The highest BCUT2D eigenvalue weighted by molar-refractivity contribution is 5.36. The van der Waals surface area contributed by atoms with E-state index in [-0.39, 0.29) is 0 Å². The molecular weight excluding hydrogens is 120 g/mol. The molecule has 0 fully saturated rings. The van der Waals surface area contributed by atoms with E-state index in [1.165, 1.54) is 16.7 Å². The van der Waals surface area contributed by atoms with Crippen LogP contribution >= 0.6 is 0 Å². The van der Waals surface area contributed by atoms with Crippen molar-refractivity contribution in [2.45, 2.75) is 20.8 Å². The van der Waals surface area contributed by atoms with E-state index in [9.17, 15) is 0 Å². The Labute approximate surface area is 62.9 Å². The van der Waals surface area contributed by atoms with Gasteiger partial charge in [0.2, 0.25) is 0 Å². The summed E-state index contributed by atoms with van der Waals surface area (Å²) in [6.07, 6.45) is 2.14. The summed E-state index contributed by atoms with van der Waals surface area (Å²) in [6, 6.07) is 6.38. The Morgan fingerprint density at radius 3 is 2.40 bits per heavy atom. The van der Waals surface area contributed by atoms with E-state index in [1.54, 1.807) is 0 Å². The quantitative estimate of drug-likeness (QED) is 0.517. The lowest BCUT2D eigenvalue weighted by molar-refractivity contribution is 1.26. The van der Waals surface area contributed by atoms with Crippen LogP contribution in [0.2, 0.25) is 0 Å². The van der Waals surface area contributed by atoms with Gasteiger partial charge in [-0.1, -0.05) is 0 Å². The number of benzene rings is 1. The fourth-order valence-electron chi connectivity index (χ4n) is 1.09. The molecule has 10 heavy (non-hydrogen) atoms. The molecule has 0 atom stereocenters. The van der Waals surface area contributed by atoms with Crippen LogP contribution in [0.25, 0.3) is 0 Å². The maximum absolute atomic E-state index is 2.16. The zero-order chi connectivity index (χ0) is 7.56. The Bertz CT molecular complexity index is 223. The fraction of sp³-hybridized carbons (Fsp3) is 0.300. The SMILES string of the molecule is C[CH+]c1cccc(C)c1C. The highest BCUT2D eigenvalue weighted by Crippen LogP contribution is 2.13. The van der Waals surface area contributed by atoms with Crippen LogP contribution in [0, 0.1) is 20.3 Å². The van der Waals surface area contributed by atoms with Crippen molar-refractivity contribution in [3.05, 3.63) is 41.3 Å². The van der Waals surface area contributed by atoms with E-state index in [0.29, 0.717) is 0 Å². The van der Waals surface area contributed by atoms with Crippen molar-refractivity contribution >= 4 is 0 Å². The first-order valence-corrected chi connectivity index (χ1v) is 3.61. The second kappa shape index (κ2) is 2.78. The summed E-state index contributed by atoms with van der Waals surface area (Å²) in [6.45, 7) is 6.37. The van der Waals surface area contributed by atoms with Crippen LogP contribution in [0.15, 0.2) is 18.2 Å². The number of rotatable bonds is 1. The van der Waals surface area contributed by atoms with E-state index in [0.717, 1.165) is 0 Å². The molecule has 0 aliphatic carbocycles. The van der Waals surface area contributed by atoms with Crippen LogP contribution in [0.4, 0.5) is 0 Å². The van der Waals surface area contributed by atoms with E-state index in [4.69, 9.17) is 0 Å². The Kier molecular flexibility index (Phi) is 2.00. The molecule has 0 heterocycles. The first-order valence-electron chi connectivity index (χ1n) is 3.61. The molecule has 0 aliphatic rings. The van der Waals surface area contributed by atoms with E-state index >= 15 is 0 Å². The zero-order valence-corrected chi connectivity index (χ0v) is 6.81. The molecule has 1 rings (SSSR count). The summed E-state index contributed by atoms with van der Waals surface area (Å²) in [5, 5.41) is 0. The lowest BCUT2D eigenvalue weighted by Crippen LogP contribution is -1.86. The number of aryl methyl sites for hydroxylation is 1. The minimum atomic E-state index is 1.35. The fourth-order valence-corrected chi connectivity index (χ4v) is 1.09. The summed E-state index contributed by atoms with van der Waals surface area (Å²) >= 11 is 0. The predicted molar refractivity (Wildman–Crippen MR) is 45.0 cm³/mol. The van der Waals surface area contributed by atoms with E-state index < -0.39 is 0 Å². The average molecular weight is 133 g/mol. The highest BCUT2D eigenvalue weighted by Gasteiger charge is 2.05. The topological polar surface area (TPSA) is 0 Å². The van der Waals surface area contributed by atoms with Gasteiger partial charge < -0.3 is 0 Å². The third kappa shape index (κ3) is 1.15. The van der Waals surface area contributed by atoms with Gasteiger partial charge in [0.25, 0.3) is 0 Å². The highest BCUT2D eigenvalue weighted by atomic mass is 14.0. The maximum atomic E-state index is 2.16. The first kappa shape index (κ1) is 7.20. The summed E-state index contributed by atoms with van der Waals surface area (Å²) < 4.78 is 0. The van der Waals surface area contributed by atoms with Crippen LogP contribution < -0.4 is 0 Å². The van der Waals surface area contributed by atoms with Crippen LogP contribution in [0.3, 0.4) is 0 Å². The van der Waals surface area contributed by atoms with Crippen molar-refractivity contribution in [2.75, 3.05) is 0 Å². The maximum Gasteiger partial charge on any atom is 0.132 e. The normalized spacial score (nSPS) is 9.50. The molecule has 1 aromatic carbocycles. The van der Waals surface area contributed by atoms with Gasteiger partial charge in [-0.3, -0.25) is 0 Å². The Hall–Kier alpha value is -0.910. The molecule has 1 aromatic rings. The van der Waals surface area contributed by atoms with Crippen molar-refractivity contribution < 1.29 is 0 Å². The molecule has 0 aromatic heterocycles. The lowest BCUT2D eigenvalue weighted by atomic mass is 10.0. The van der Waals surface area contributed by atoms with E-state index in [1.807, 2.05) is 0 Å². The standard InChI is InChI=1S/C10H13/c1-4-10-7-5-6-8(2)9(10)3/h4-7H,1-3H3/q+1. The molecule has 0 saturated carbocycles. The van der Waals surface area contributed by atoms with Gasteiger partial charge >= 0.3 is 0 Å². The molecule has 0 aliphatic heterocycles. The first-order chi connectivity index (χ1) is 4.75. The molecule has 0 bridgehead atoms. The zero-order valence-electron chi connectivity index (χ0n) is 6.81. The van der Waals surface area contributed by atoms with Crippen LogP contribution in [-0.4, -0.2) is 0 Å². The Balaban J connectivity index is 3.14. The molecule has 0 amide bonds. The third-order valence-corrected chi connectivity index (χ3v) is 1.96. The summed E-state index contributed by atoms with van der Waals surface area (Å²) in [5.74, 6) is 0. The smallest absolute Gasteiger partial charge is 0.0324 e. The summed E-state index contributed by atoms with van der Waals surface area (Å²) in [7, 11) is 0. The molecule has 0 nitrogen and oxygen atoms in total. The van der Waals surface area contributed by atoms with Crippen LogP contribution in [0.5, 0.6) is 0 Å². The van der Waals surface area contributed by atoms with Crippen molar-refractivity contribution in [2.24, 2.45) is 0 Å². The van der Waals surface area contributed by atoms with Gasteiger partial charge in [-0.05, 0) is 19.1 Å². The van der Waals surface area contributed by atoms with Gasteiger partial charge in [0.1, 0.15) is 5.56 Å². The third-order valence-electron chi connectivity index (χ3n) is 1.96. The largest absolute Gasteiger partial charge is 0.132 e. The monoisotopic (exact) mass is 133 g/mol. The van der Waals surface area contributed by atoms with Gasteiger partial charge in [0, 0.05) is 31.9 Å². The molecule has 52 valence electrons. The van der Waals surface area contributed by atoms with Gasteiger partial charge in [-0.25, -0.2) is 0 Å². The molecule has 0 heteroatoms. The molecular formula is C10H13+. The number of hydrogen-bond acceptors (Lipinski definition) is 0. The summed E-state index contributed by atoms with van der Waals surface area (Å²) in [5.41, 5.74) is 4.11. The van der Waals surface area contributed by atoms with Crippen LogP contribution in [0.1, 0.15) is 23.6 Å². The lowest BCUT2D eigenvalue weighted by Gasteiger charge is -1.95. The Morgan fingerprint density at radius 1 is 1.20 bits per heavy atom. The van der Waals surface area contributed by atoms with Crippen LogP contribution in [-0.2, 0) is 0 Å². The summed E-state index contributed by atoms with van der Waals surface area (Å²) in [4.78, 5) is 0. The van der Waals surface area contributed by atoms with Gasteiger partial charge in [-0.2, -0.15) is 0 Å². The molecule has 0 spiro atoms. The Morgan fingerprint density at radius 2 is 1.90 bits per heavy atom. The molecule has 0 N–H and O–H groups in total. The van der Waals surface area contributed by atoms with Crippen molar-refractivity contribution in [3.8, 4) is 0 Å². The van der Waals surface area contributed by atoms with Gasteiger partial charge in [0.15, 0.2) is 0 Å². The molecule has 0 radical (unpaired) electrons. The van der Waals surface area contributed by atoms with Gasteiger partial charge in [-0.15, -0.1) is 0 Å². The van der Waals surface area contributed by atoms with Crippen molar-refractivity contribution in [3.63, 3.8) is 0 Å². The van der Waals surface area contributed by atoms with E-state index in [2.05, 4.69) is 45.4 Å². The minimum absolute atomic E-state index is 1.35. The number of hydrogen-bond donors (Lipinski definition) is 0. The molecule has 0 unspecified atom stereocenters. The minimum Gasteiger partial charge on any atom is -0.0324 e. The predicted octanol–water partition coefficient (Wildman–Crippen LogP) is 2.88. The van der Waals surface area contributed by atoms with Crippen molar-refractivity contribution in [1.29, 1.82) is 0 Å². The van der Waals surface area contributed by atoms with Crippen molar-refractivity contribution in [1.82, 2.24) is 0 Å². The second-order valence-corrected chi connectivity index (χ2v) is 2.58. The van der Waals surface area contributed by atoms with Gasteiger partial charge in [0.05, 0.1) is 5.56 Å². The average Bonchev–Trinajstić information content (AvgIpc) is 1.95. The second-order valence-electron chi connectivity index (χ2n) is 2.58. The molecule has 0 saturated heterocycles.